The van der Waals surface area contributed by atoms with Crippen LogP contribution in [0.3, 0.4) is 0 Å². The molecule has 2 aliphatic rings. The van der Waals surface area contributed by atoms with E-state index in [4.69, 9.17) is 4.42 Å². The molecule has 0 atom stereocenters. The van der Waals surface area contributed by atoms with Crippen LogP contribution in [0, 0.1) is 0 Å². The van der Waals surface area contributed by atoms with E-state index in [9.17, 15) is 4.79 Å². The van der Waals surface area contributed by atoms with Crippen molar-refractivity contribution in [1.29, 1.82) is 0 Å². The number of nitrogens with zero attached hydrogens (tertiary/aromatic N) is 2. The number of amides is 1. The molecular weight excluding hydrogens is 218 g/mol. The number of rotatable bonds is 2. The Kier molecular flexibility index (Phi) is 2.86. The van der Waals surface area contributed by atoms with E-state index in [0.717, 1.165) is 39.3 Å². The molecule has 3 rings (SSSR count). The van der Waals surface area contributed by atoms with Gasteiger partial charge >= 0.3 is 0 Å². The van der Waals surface area contributed by atoms with Gasteiger partial charge in [-0.15, -0.1) is 0 Å². The predicted octanol–water partition coefficient (Wildman–Crippen LogP) is 0.00920. The van der Waals surface area contributed by atoms with E-state index >= 15 is 0 Å². The second-order valence-corrected chi connectivity index (χ2v) is 4.62. The fourth-order valence-corrected chi connectivity index (χ4v) is 2.38. The van der Waals surface area contributed by atoms with Gasteiger partial charge in [-0.1, -0.05) is 0 Å². The lowest BCUT2D eigenvalue weighted by Gasteiger charge is -2.43. The lowest BCUT2D eigenvalue weighted by Crippen LogP contribution is -2.62. The Bertz CT molecular complexity index is 378. The maximum Gasteiger partial charge on any atom is 0.289 e. The van der Waals surface area contributed by atoms with Gasteiger partial charge in [0.2, 0.25) is 0 Å². The van der Waals surface area contributed by atoms with Gasteiger partial charge < -0.3 is 14.6 Å². The molecule has 2 aliphatic heterocycles. The number of carbonyl (C=O) groups is 1. The molecule has 17 heavy (non-hydrogen) atoms. The van der Waals surface area contributed by atoms with Gasteiger partial charge in [-0.25, -0.2) is 0 Å². The van der Waals surface area contributed by atoms with Crippen LogP contribution in [0.5, 0.6) is 0 Å². The molecule has 0 unspecified atom stereocenters. The van der Waals surface area contributed by atoms with Crippen LogP contribution >= 0.6 is 0 Å². The lowest BCUT2D eigenvalue weighted by atomic mass is 10.1. The second-order valence-electron chi connectivity index (χ2n) is 4.62. The normalized spacial score (nSPS) is 22.5. The van der Waals surface area contributed by atoms with Crippen LogP contribution in [0.1, 0.15) is 10.6 Å². The van der Waals surface area contributed by atoms with Crippen molar-refractivity contribution in [2.24, 2.45) is 0 Å². The van der Waals surface area contributed by atoms with E-state index in [0.29, 0.717) is 11.8 Å². The smallest absolute Gasteiger partial charge is 0.289 e. The molecule has 5 nitrogen and oxygen atoms in total. The number of furan rings is 1. The molecule has 2 fully saturated rings. The Morgan fingerprint density at radius 1 is 1.29 bits per heavy atom. The van der Waals surface area contributed by atoms with Crippen LogP contribution in [0.25, 0.3) is 0 Å². The molecule has 0 aromatic carbocycles. The van der Waals surface area contributed by atoms with Crippen molar-refractivity contribution in [3.63, 3.8) is 0 Å². The second kappa shape index (κ2) is 4.50. The summed E-state index contributed by atoms with van der Waals surface area (Å²) < 4.78 is 5.14. The first-order chi connectivity index (χ1) is 8.34. The molecule has 0 spiro atoms. The van der Waals surface area contributed by atoms with E-state index in [-0.39, 0.29) is 5.91 Å². The Balaban J connectivity index is 1.55. The first-order valence-electron chi connectivity index (χ1n) is 6.12. The highest BCUT2D eigenvalue weighted by atomic mass is 16.3. The average molecular weight is 235 g/mol. The number of carbonyl (C=O) groups excluding carboxylic acids is 1. The van der Waals surface area contributed by atoms with Crippen molar-refractivity contribution in [2.75, 3.05) is 39.3 Å². The maximum atomic E-state index is 12.0. The summed E-state index contributed by atoms with van der Waals surface area (Å²) in [6.45, 7) is 5.72. The third-order valence-electron chi connectivity index (χ3n) is 3.61. The summed E-state index contributed by atoms with van der Waals surface area (Å²) in [7, 11) is 0. The van der Waals surface area contributed by atoms with Gasteiger partial charge in [0.1, 0.15) is 0 Å². The molecule has 0 bridgehead atoms. The fourth-order valence-electron chi connectivity index (χ4n) is 2.38. The molecule has 3 heterocycles. The molecule has 1 aromatic heterocycles. The van der Waals surface area contributed by atoms with Crippen LogP contribution in [0.2, 0.25) is 0 Å². The van der Waals surface area contributed by atoms with Crippen molar-refractivity contribution in [3.8, 4) is 0 Å². The minimum atomic E-state index is 0.0152. The summed E-state index contributed by atoms with van der Waals surface area (Å²) in [6.07, 6.45) is 1.55. The molecule has 1 amide bonds. The van der Waals surface area contributed by atoms with E-state index in [1.165, 1.54) is 0 Å². The summed E-state index contributed by atoms with van der Waals surface area (Å²) in [6, 6.07) is 4.16. The van der Waals surface area contributed by atoms with Gasteiger partial charge in [0.25, 0.3) is 5.91 Å². The van der Waals surface area contributed by atoms with Crippen LogP contribution in [-0.2, 0) is 0 Å². The number of hydrogen-bond donors (Lipinski definition) is 1. The summed E-state index contributed by atoms with van der Waals surface area (Å²) >= 11 is 0. The molecule has 5 heteroatoms. The number of nitrogens with one attached hydrogen (secondary N) is 1. The predicted molar refractivity (Wildman–Crippen MR) is 62.8 cm³/mol. The van der Waals surface area contributed by atoms with Gasteiger partial charge in [-0.05, 0) is 12.1 Å². The highest BCUT2D eigenvalue weighted by Gasteiger charge is 2.29. The number of hydrogen-bond acceptors (Lipinski definition) is 4. The molecular formula is C12H17N3O2. The van der Waals surface area contributed by atoms with Crippen molar-refractivity contribution < 1.29 is 9.21 Å². The first kappa shape index (κ1) is 10.8. The zero-order chi connectivity index (χ0) is 11.7. The first-order valence-corrected chi connectivity index (χ1v) is 6.12. The molecule has 0 radical (unpaired) electrons. The lowest BCUT2D eigenvalue weighted by molar-refractivity contribution is 0.0477. The van der Waals surface area contributed by atoms with Gasteiger partial charge in [0, 0.05) is 45.3 Å². The van der Waals surface area contributed by atoms with Gasteiger partial charge in [-0.3, -0.25) is 9.69 Å². The monoisotopic (exact) mass is 235 g/mol. The summed E-state index contributed by atoms with van der Waals surface area (Å²) in [5, 5.41) is 3.28. The van der Waals surface area contributed by atoms with Gasteiger partial charge in [0.05, 0.1) is 6.26 Å². The summed E-state index contributed by atoms with van der Waals surface area (Å²) in [4.78, 5) is 16.4. The largest absolute Gasteiger partial charge is 0.459 e. The Morgan fingerprint density at radius 2 is 2.06 bits per heavy atom. The quantitative estimate of drug-likeness (QED) is 0.784. The third kappa shape index (κ3) is 2.08. The molecule has 92 valence electrons. The molecule has 1 N–H and O–H groups in total. The van der Waals surface area contributed by atoms with Crippen molar-refractivity contribution in [3.05, 3.63) is 24.2 Å². The third-order valence-corrected chi connectivity index (χ3v) is 3.61. The van der Waals surface area contributed by atoms with Crippen LogP contribution in [-0.4, -0.2) is 61.0 Å². The summed E-state index contributed by atoms with van der Waals surface area (Å²) in [5.74, 6) is 0.463. The minimum Gasteiger partial charge on any atom is -0.459 e. The highest BCUT2D eigenvalue weighted by molar-refractivity contribution is 5.91. The fraction of sp³-hybridized carbons (Fsp3) is 0.583. The summed E-state index contributed by atoms with van der Waals surface area (Å²) in [5.41, 5.74) is 0. The zero-order valence-electron chi connectivity index (χ0n) is 9.76. The van der Waals surface area contributed by atoms with E-state index in [2.05, 4.69) is 10.2 Å². The van der Waals surface area contributed by atoms with Crippen LogP contribution in [0.4, 0.5) is 0 Å². The Hall–Kier alpha value is -1.33. The average Bonchev–Trinajstić information content (AvgIpc) is 2.80. The van der Waals surface area contributed by atoms with Gasteiger partial charge in [0.15, 0.2) is 5.76 Å². The number of piperazine rings is 1. The van der Waals surface area contributed by atoms with Crippen molar-refractivity contribution in [1.82, 2.24) is 15.1 Å². The van der Waals surface area contributed by atoms with E-state index in [1.807, 2.05) is 4.90 Å². The van der Waals surface area contributed by atoms with Crippen LogP contribution < -0.4 is 5.32 Å². The molecule has 2 saturated heterocycles. The van der Waals surface area contributed by atoms with Crippen molar-refractivity contribution >= 4 is 5.91 Å². The Morgan fingerprint density at radius 3 is 2.59 bits per heavy atom. The molecule has 0 aliphatic carbocycles. The van der Waals surface area contributed by atoms with Crippen molar-refractivity contribution in [2.45, 2.75) is 6.04 Å². The molecule has 0 saturated carbocycles. The van der Waals surface area contributed by atoms with E-state index in [1.54, 1.807) is 18.4 Å². The van der Waals surface area contributed by atoms with Crippen LogP contribution in [0.15, 0.2) is 22.8 Å². The topological polar surface area (TPSA) is 48.7 Å². The SMILES string of the molecule is O=C(c1ccco1)N1CCN(C2CNC2)CC1. The standard InChI is InChI=1S/C12H17N3O2/c16-12(11-2-1-7-17-11)15-5-3-14(4-6-15)10-8-13-9-10/h1-2,7,10,13H,3-6,8-9H2. The highest BCUT2D eigenvalue weighted by Crippen LogP contribution is 2.12. The minimum absolute atomic E-state index is 0.0152. The van der Waals surface area contributed by atoms with E-state index < -0.39 is 0 Å². The molecule has 1 aromatic rings. The Labute approximate surface area is 100 Å². The maximum absolute atomic E-state index is 12.0. The zero-order valence-corrected chi connectivity index (χ0v) is 9.76. The van der Waals surface area contributed by atoms with Gasteiger partial charge in [-0.2, -0.15) is 0 Å².